The molecule has 0 fully saturated rings. The number of benzene rings is 2. The Hall–Kier alpha value is -3.95. The number of hydrazone groups is 1. The fourth-order valence-corrected chi connectivity index (χ4v) is 3.22. The number of fused-ring (bicyclic) bond motifs is 2. The van der Waals surface area contributed by atoms with Crippen LogP contribution >= 0.6 is 0 Å². The third-order valence-corrected chi connectivity index (χ3v) is 4.61. The number of nitro benzene ring substituents is 1. The van der Waals surface area contributed by atoms with Gasteiger partial charge in [-0.2, -0.15) is 5.10 Å². The molecule has 10 heteroatoms. The molecular formula is C19H17N5O5. The molecule has 0 bridgehead atoms. The average Bonchev–Trinajstić information content (AvgIpc) is 3.28. The maximum atomic E-state index is 12.4. The summed E-state index contributed by atoms with van der Waals surface area (Å²) in [6, 6.07) is 7.92. The molecule has 1 amide bonds. The molecular weight excluding hydrogens is 378 g/mol. The van der Waals surface area contributed by atoms with Crippen LogP contribution in [0.25, 0.3) is 11.0 Å². The summed E-state index contributed by atoms with van der Waals surface area (Å²) in [4.78, 5) is 27.6. The lowest BCUT2D eigenvalue weighted by Gasteiger charge is -2.03. The average molecular weight is 395 g/mol. The molecule has 0 spiro atoms. The minimum absolute atomic E-state index is 0.000432. The van der Waals surface area contributed by atoms with Gasteiger partial charge in [-0.05, 0) is 38.1 Å². The number of hydrogen-bond donors (Lipinski definition) is 1. The van der Waals surface area contributed by atoms with Gasteiger partial charge in [-0.15, -0.1) is 0 Å². The maximum Gasteiger partial charge on any atom is 0.282 e. The Morgan fingerprint density at radius 2 is 2.10 bits per heavy atom. The van der Waals surface area contributed by atoms with Crippen LogP contribution < -0.4 is 14.9 Å². The fraction of sp³-hybridized carbons (Fsp3) is 0.211. The highest BCUT2D eigenvalue weighted by atomic mass is 16.7. The van der Waals surface area contributed by atoms with Gasteiger partial charge in [-0.25, -0.2) is 10.4 Å². The zero-order valence-corrected chi connectivity index (χ0v) is 15.7. The smallest absolute Gasteiger partial charge is 0.282 e. The minimum Gasteiger partial charge on any atom is -0.454 e. The van der Waals surface area contributed by atoms with Gasteiger partial charge < -0.3 is 14.0 Å². The Bertz CT molecular complexity index is 1170. The van der Waals surface area contributed by atoms with E-state index in [-0.39, 0.29) is 18.0 Å². The summed E-state index contributed by atoms with van der Waals surface area (Å²) < 4.78 is 12.4. The number of nitrogens with one attached hydrogen (secondary N) is 1. The second kappa shape index (κ2) is 7.23. The lowest BCUT2D eigenvalue weighted by molar-refractivity contribution is -0.385. The van der Waals surface area contributed by atoms with E-state index in [1.165, 1.54) is 18.3 Å². The minimum atomic E-state index is -0.550. The first kappa shape index (κ1) is 18.4. The van der Waals surface area contributed by atoms with E-state index >= 15 is 0 Å². The third-order valence-electron chi connectivity index (χ3n) is 4.61. The maximum absolute atomic E-state index is 12.4. The quantitative estimate of drug-likeness (QED) is 0.403. The van der Waals surface area contributed by atoms with Gasteiger partial charge in [0.1, 0.15) is 5.82 Å². The SMILES string of the molecule is CCn1c(C)nc2cc(C(=O)N/N=C\c3cc4c(cc3[N+](=O)[O-])OCO4)ccc21. The molecule has 1 aliphatic rings. The van der Waals surface area contributed by atoms with Crippen molar-refractivity contribution in [2.45, 2.75) is 20.4 Å². The molecule has 0 atom stereocenters. The van der Waals surface area contributed by atoms with Crippen LogP contribution in [0.1, 0.15) is 28.7 Å². The topological polar surface area (TPSA) is 121 Å². The Balaban J connectivity index is 1.55. The van der Waals surface area contributed by atoms with Gasteiger partial charge in [-0.3, -0.25) is 14.9 Å². The molecule has 0 saturated heterocycles. The second-order valence-corrected chi connectivity index (χ2v) is 6.33. The lowest BCUT2D eigenvalue weighted by Crippen LogP contribution is -2.17. The number of amides is 1. The van der Waals surface area contributed by atoms with Gasteiger partial charge in [0.25, 0.3) is 11.6 Å². The highest BCUT2D eigenvalue weighted by Crippen LogP contribution is 2.37. The lowest BCUT2D eigenvalue weighted by atomic mass is 10.1. The first-order valence-corrected chi connectivity index (χ1v) is 8.86. The molecule has 4 rings (SSSR count). The Morgan fingerprint density at radius 3 is 2.83 bits per heavy atom. The molecule has 10 nitrogen and oxygen atoms in total. The van der Waals surface area contributed by atoms with Crippen LogP contribution in [0.2, 0.25) is 0 Å². The van der Waals surface area contributed by atoms with E-state index < -0.39 is 10.8 Å². The number of carbonyl (C=O) groups is 1. The molecule has 1 N–H and O–H groups in total. The number of rotatable bonds is 5. The van der Waals surface area contributed by atoms with Crippen LogP contribution in [0.15, 0.2) is 35.4 Å². The van der Waals surface area contributed by atoms with Crippen molar-refractivity contribution in [1.29, 1.82) is 0 Å². The van der Waals surface area contributed by atoms with Gasteiger partial charge in [0.15, 0.2) is 11.5 Å². The summed E-state index contributed by atoms with van der Waals surface area (Å²) in [5.41, 5.74) is 4.42. The van der Waals surface area contributed by atoms with Crippen LogP contribution in [-0.4, -0.2) is 33.4 Å². The van der Waals surface area contributed by atoms with Crippen molar-refractivity contribution < 1.29 is 19.2 Å². The molecule has 1 aliphatic heterocycles. The summed E-state index contributed by atoms with van der Waals surface area (Å²) >= 11 is 0. The zero-order valence-electron chi connectivity index (χ0n) is 15.7. The number of aromatic nitrogens is 2. The van der Waals surface area contributed by atoms with Crippen molar-refractivity contribution in [3.8, 4) is 11.5 Å². The summed E-state index contributed by atoms with van der Waals surface area (Å²) in [7, 11) is 0. The van der Waals surface area contributed by atoms with Crippen LogP contribution in [0.3, 0.4) is 0 Å². The van der Waals surface area contributed by atoms with Crippen LogP contribution in [0.5, 0.6) is 11.5 Å². The highest BCUT2D eigenvalue weighted by Gasteiger charge is 2.22. The van der Waals surface area contributed by atoms with Gasteiger partial charge in [0.05, 0.1) is 33.8 Å². The molecule has 0 radical (unpaired) electrons. The van der Waals surface area contributed by atoms with E-state index in [1.807, 2.05) is 24.5 Å². The summed E-state index contributed by atoms with van der Waals surface area (Å²) in [5, 5.41) is 15.1. The van der Waals surface area contributed by atoms with E-state index in [2.05, 4.69) is 15.5 Å². The third kappa shape index (κ3) is 3.35. The van der Waals surface area contributed by atoms with Crippen molar-refractivity contribution in [3.63, 3.8) is 0 Å². The van der Waals surface area contributed by atoms with E-state index in [9.17, 15) is 14.9 Å². The molecule has 0 saturated carbocycles. The monoisotopic (exact) mass is 395 g/mol. The normalized spacial score (nSPS) is 12.6. The van der Waals surface area contributed by atoms with E-state index in [0.717, 1.165) is 17.9 Å². The largest absolute Gasteiger partial charge is 0.454 e. The molecule has 1 aromatic heterocycles. The number of hydrogen-bond acceptors (Lipinski definition) is 7. The predicted molar refractivity (Wildman–Crippen MR) is 104 cm³/mol. The van der Waals surface area contributed by atoms with Crippen molar-refractivity contribution in [2.24, 2.45) is 5.10 Å². The molecule has 0 aliphatic carbocycles. The van der Waals surface area contributed by atoms with Crippen LogP contribution in [-0.2, 0) is 6.54 Å². The van der Waals surface area contributed by atoms with Crippen molar-refractivity contribution in [2.75, 3.05) is 6.79 Å². The first-order valence-electron chi connectivity index (χ1n) is 8.86. The number of carbonyl (C=O) groups excluding carboxylic acids is 1. The second-order valence-electron chi connectivity index (χ2n) is 6.33. The Kier molecular flexibility index (Phi) is 4.59. The number of nitrogens with zero attached hydrogens (tertiary/aromatic N) is 4. The number of ether oxygens (including phenoxy) is 2. The van der Waals surface area contributed by atoms with Crippen LogP contribution in [0.4, 0.5) is 5.69 Å². The van der Waals surface area contributed by atoms with E-state index in [4.69, 9.17) is 9.47 Å². The van der Waals surface area contributed by atoms with Gasteiger partial charge in [0.2, 0.25) is 6.79 Å². The van der Waals surface area contributed by atoms with E-state index in [1.54, 1.807) is 12.1 Å². The number of aryl methyl sites for hydroxylation is 2. The summed E-state index contributed by atoms with van der Waals surface area (Å²) in [6.07, 6.45) is 1.20. The number of imidazole rings is 1. The van der Waals surface area contributed by atoms with Gasteiger partial charge in [0, 0.05) is 12.1 Å². The highest BCUT2D eigenvalue weighted by molar-refractivity contribution is 5.98. The van der Waals surface area contributed by atoms with Gasteiger partial charge >= 0.3 is 0 Å². The fourth-order valence-electron chi connectivity index (χ4n) is 3.22. The molecule has 2 aromatic carbocycles. The molecule has 0 unspecified atom stereocenters. The van der Waals surface area contributed by atoms with Crippen molar-refractivity contribution >= 4 is 28.8 Å². The van der Waals surface area contributed by atoms with Crippen molar-refractivity contribution in [3.05, 3.63) is 57.4 Å². The summed E-state index contributed by atoms with van der Waals surface area (Å²) in [5.74, 6) is 1.10. The molecule has 2 heterocycles. The zero-order chi connectivity index (χ0) is 20.5. The number of nitro groups is 1. The van der Waals surface area contributed by atoms with Gasteiger partial charge in [-0.1, -0.05) is 0 Å². The Morgan fingerprint density at radius 1 is 1.34 bits per heavy atom. The molecule has 29 heavy (non-hydrogen) atoms. The predicted octanol–water partition coefficient (Wildman–Crippen LogP) is 2.77. The molecule has 3 aromatic rings. The summed E-state index contributed by atoms with van der Waals surface area (Å²) in [6.45, 7) is 4.72. The first-order chi connectivity index (χ1) is 14.0. The van der Waals surface area contributed by atoms with Crippen LogP contribution in [0, 0.1) is 17.0 Å². The molecule has 148 valence electrons. The van der Waals surface area contributed by atoms with Crippen molar-refractivity contribution in [1.82, 2.24) is 15.0 Å². The van der Waals surface area contributed by atoms with E-state index in [0.29, 0.717) is 22.6 Å². The Labute approximate surface area is 164 Å². The standard InChI is InChI=1S/C19H17N5O5/c1-3-23-11(2)21-14-6-12(4-5-15(14)23)19(25)22-20-9-13-7-17-18(29-10-28-17)8-16(13)24(26)27/h4-9H,3,10H2,1-2H3,(H,22,25)/b20-9-.